The highest BCUT2D eigenvalue weighted by Crippen LogP contribution is 2.32. The Hall–Kier alpha value is -2.72. The number of rotatable bonds is 6. The van der Waals surface area contributed by atoms with Gasteiger partial charge in [-0.1, -0.05) is 35.9 Å². The minimum absolute atomic E-state index is 0.0634. The largest absolute Gasteiger partial charge is 0.351 e. The number of carbonyl (C=O) groups is 1. The molecule has 4 rings (SSSR count). The lowest BCUT2D eigenvalue weighted by molar-refractivity contribution is 0.0958. The van der Waals surface area contributed by atoms with Crippen molar-refractivity contribution in [3.8, 4) is 5.69 Å². The summed E-state index contributed by atoms with van der Waals surface area (Å²) in [6, 6.07) is 15.6. The zero-order valence-corrected chi connectivity index (χ0v) is 18.9. The highest BCUT2D eigenvalue weighted by molar-refractivity contribution is 7.89. The first-order valence-electron chi connectivity index (χ1n) is 9.38. The molecule has 3 N–H and O–H groups in total. The van der Waals surface area contributed by atoms with Gasteiger partial charge in [-0.25, -0.2) is 18.2 Å². The van der Waals surface area contributed by atoms with Crippen LogP contribution in [-0.4, -0.2) is 30.7 Å². The number of benzene rings is 2. The van der Waals surface area contributed by atoms with Crippen molar-refractivity contribution in [2.75, 3.05) is 6.54 Å². The van der Waals surface area contributed by atoms with E-state index in [0.29, 0.717) is 22.9 Å². The Kier molecular flexibility index (Phi) is 5.85. The molecule has 2 aromatic heterocycles. The normalized spacial score (nSPS) is 11.7. The molecule has 0 bridgehead atoms. The van der Waals surface area contributed by atoms with Gasteiger partial charge in [0, 0.05) is 11.9 Å². The van der Waals surface area contributed by atoms with Crippen LogP contribution in [0.25, 0.3) is 15.9 Å². The minimum Gasteiger partial charge on any atom is -0.351 e. The first-order chi connectivity index (χ1) is 14.7. The van der Waals surface area contributed by atoms with Crippen molar-refractivity contribution in [2.45, 2.75) is 18.2 Å². The Balaban J connectivity index is 1.47. The lowest BCUT2D eigenvalue weighted by Gasteiger charge is -2.05. The summed E-state index contributed by atoms with van der Waals surface area (Å²) in [7, 11) is -3.71. The van der Waals surface area contributed by atoms with Gasteiger partial charge in [0.05, 0.1) is 26.2 Å². The Bertz CT molecular complexity index is 1380. The van der Waals surface area contributed by atoms with Crippen molar-refractivity contribution in [2.24, 2.45) is 5.14 Å². The Morgan fingerprint density at radius 2 is 1.90 bits per heavy atom. The van der Waals surface area contributed by atoms with Crippen LogP contribution < -0.4 is 10.5 Å². The first-order valence-corrected chi connectivity index (χ1v) is 12.1. The van der Waals surface area contributed by atoms with Gasteiger partial charge < -0.3 is 5.32 Å². The van der Waals surface area contributed by atoms with E-state index in [1.54, 1.807) is 22.9 Å². The number of para-hydroxylation sites is 1. The van der Waals surface area contributed by atoms with Crippen molar-refractivity contribution in [1.82, 2.24) is 15.1 Å². The number of nitrogens with zero attached hydrogens (tertiary/aromatic N) is 2. The third-order valence-electron chi connectivity index (χ3n) is 4.80. The summed E-state index contributed by atoms with van der Waals surface area (Å²) < 4.78 is 24.4. The van der Waals surface area contributed by atoms with Crippen LogP contribution in [0.5, 0.6) is 0 Å². The van der Waals surface area contributed by atoms with Crippen molar-refractivity contribution in [1.29, 1.82) is 0 Å². The smallest absolute Gasteiger partial charge is 0.261 e. The van der Waals surface area contributed by atoms with E-state index >= 15 is 0 Å². The molecule has 0 fully saturated rings. The average molecular weight is 475 g/mol. The van der Waals surface area contributed by atoms with Crippen molar-refractivity contribution in [3.63, 3.8) is 0 Å². The number of hydrogen-bond donors (Lipinski definition) is 2. The number of fused-ring (bicyclic) bond motifs is 1. The van der Waals surface area contributed by atoms with E-state index in [9.17, 15) is 13.2 Å². The predicted molar refractivity (Wildman–Crippen MR) is 123 cm³/mol. The fraction of sp³-hybridized carbons (Fsp3) is 0.143. The number of amides is 1. The molecule has 10 heteroatoms. The molecule has 2 heterocycles. The molecule has 4 aromatic rings. The maximum Gasteiger partial charge on any atom is 0.261 e. The van der Waals surface area contributed by atoms with Crippen LogP contribution in [0, 0.1) is 6.92 Å². The summed E-state index contributed by atoms with van der Waals surface area (Å²) in [5, 5.41) is 14.1. The van der Waals surface area contributed by atoms with Gasteiger partial charge in [-0.2, -0.15) is 5.10 Å². The standard InChI is InChI=1S/C21H19ClN4O3S2/c1-13-16-12-19(30-21(16)26(25-13)18-5-3-2-4-17(18)22)20(27)24-11-10-14-6-8-15(9-7-14)31(23,28)29/h2-9,12H,10-11H2,1H3,(H,24,27)(H2,23,28,29). The molecule has 0 radical (unpaired) electrons. The molecule has 0 unspecified atom stereocenters. The lowest BCUT2D eigenvalue weighted by Crippen LogP contribution is -2.24. The highest BCUT2D eigenvalue weighted by atomic mass is 35.5. The number of hydrogen-bond acceptors (Lipinski definition) is 5. The van der Waals surface area contributed by atoms with Gasteiger partial charge in [0.15, 0.2) is 0 Å². The number of nitrogens with two attached hydrogens (primary N) is 1. The van der Waals surface area contributed by atoms with Gasteiger partial charge in [-0.05, 0) is 49.2 Å². The van der Waals surface area contributed by atoms with E-state index in [4.69, 9.17) is 16.7 Å². The van der Waals surface area contributed by atoms with E-state index < -0.39 is 10.0 Å². The molecule has 7 nitrogen and oxygen atoms in total. The summed E-state index contributed by atoms with van der Waals surface area (Å²) in [6.45, 7) is 2.31. The molecular weight excluding hydrogens is 456 g/mol. The Morgan fingerprint density at radius 1 is 1.19 bits per heavy atom. The summed E-state index contributed by atoms with van der Waals surface area (Å²) in [4.78, 5) is 14.2. The maximum absolute atomic E-state index is 12.7. The number of aromatic nitrogens is 2. The predicted octanol–water partition coefficient (Wildman–Crippen LogP) is 3.67. The number of aryl methyl sites for hydroxylation is 1. The average Bonchev–Trinajstić information content (AvgIpc) is 3.29. The van der Waals surface area contributed by atoms with E-state index in [1.165, 1.54) is 23.5 Å². The molecule has 31 heavy (non-hydrogen) atoms. The van der Waals surface area contributed by atoms with Crippen molar-refractivity contribution < 1.29 is 13.2 Å². The molecule has 0 atom stereocenters. The summed E-state index contributed by atoms with van der Waals surface area (Å²) >= 11 is 7.68. The number of halogens is 1. The molecule has 2 aromatic carbocycles. The summed E-state index contributed by atoms with van der Waals surface area (Å²) in [5.74, 6) is -0.174. The minimum atomic E-state index is -3.71. The van der Waals surface area contributed by atoms with E-state index in [-0.39, 0.29) is 10.8 Å². The first kappa shape index (κ1) is 21.5. The fourth-order valence-electron chi connectivity index (χ4n) is 3.20. The third-order valence-corrected chi connectivity index (χ3v) is 7.16. The number of carbonyl (C=O) groups excluding carboxylic acids is 1. The maximum atomic E-state index is 12.7. The number of nitrogens with one attached hydrogen (secondary N) is 1. The fourth-order valence-corrected chi connectivity index (χ4v) is 5.02. The molecule has 0 saturated carbocycles. The van der Waals surface area contributed by atoms with Gasteiger partial charge in [-0.15, -0.1) is 11.3 Å². The molecule has 0 aliphatic carbocycles. The van der Waals surface area contributed by atoms with Crippen LogP contribution >= 0.6 is 22.9 Å². The van der Waals surface area contributed by atoms with Crippen molar-refractivity contribution in [3.05, 3.63) is 75.8 Å². The van der Waals surface area contributed by atoms with Crippen LogP contribution in [0.2, 0.25) is 5.02 Å². The lowest BCUT2D eigenvalue weighted by atomic mass is 10.1. The van der Waals surface area contributed by atoms with Gasteiger partial charge in [0.2, 0.25) is 10.0 Å². The van der Waals surface area contributed by atoms with Crippen LogP contribution in [0.15, 0.2) is 59.5 Å². The monoisotopic (exact) mass is 474 g/mol. The zero-order valence-electron chi connectivity index (χ0n) is 16.5. The second-order valence-electron chi connectivity index (χ2n) is 6.97. The quantitative estimate of drug-likeness (QED) is 0.444. The second kappa shape index (κ2) is 8.43. The van der Waals surface area contributed by atoms with Gasteiger partial charge >= 0.3 is 0 Å². The van der Waals surface area contributed by atoms with E-state index in [1.807, 2.05) is 31.2 Å². The van der Waals surface area contributed by atoms with Crippen LogP contribution in [0.3, 0.4) is 0 Å². The summed E-state index contributed by atoms with van der Waals surface area (Å²) in [5.41, 5.74) is 2.48. The summed E-state index contributed by atoms with van der Waals surface area (Å²) in [6.07, 6.45) is 0.563. The number of primary sulfonamides is 1. The SMILES string of the molecule is Cc1nn(-c2ccccc2Cl)c2sc(C(=O)NCCc3ccc(S(N)(=O)=O)cc3)cc12. The molecule has 0 spiro atoms. The molecule has 0 aliphatic rings. The zero-order chi connectivity index (χ0) is 22.2. The Labute approximate surface area is 188 Å². The van der Waals surface area contributed by atoms with Gasteiger partial charge in [0.25, 0.3) is 5.91 Å². The van der Waals surface area contributed by atoms with E-state index in [2.05, 4.69) is 10.4 Å². The molecule has 0 aliphatic heterocycles. The van der Waals surface area contributed by atoms with Crippen molar-refractivity contribution >= 4 is 49.1 Å². The molecule has 0 saturated heterocycles. The van der Waals surface area contributed by atoms with Crippen LogP contribution in [-0.2, 0) is 16.4 Å². The molecule has 1 amide bonds. The number of thiophene rings is 1. The third kappa shape index (κ3) is 4.49. The molecule has 160 valence electrons. The van der Waals surface area contributed by atoms with Gasteiger partial charge in [-0.3, -0.25) is 4.79 Å². The topological polar surface area (TPSA) is 107 Å². The van der Waals surface area contributed by atoms with E-state index in [0.717, 1.165) is 27.2 Å². The Morgan fingerprint density at radius 3 is 2.58 bits per heavy atom. The molecular formula is C21H19ClN4O3S2. The van der Waals surface area contributed by atoms with Crippen LogP contribution in [0.1, 0.15) is 20.9 Å². The number of sulfonamides is 1. The van der Waals surface area contributed by atoms with Gasteiger partial charge in [0.1, 0.15) is 4.83 Å². The second-order valence-corrected chi connectivity index (χ2v) is 9.97. The highest BCUT2D eigenvalue weighted by Gasteiger charge is 2.18. The van der Waals surface area contributed by atoms with Crippen LogP contribution in [0.4, 0.5) is 0 Å².